The lowest BCUT2D eigenvalue weighted by Gasteiger charge is -2.40. The van der Waals surface area contributed by atoms with Gasteiger partial charge in [0.1, 0.15) is 0 Å². The minimum atomic E-state index is -0.0664. The minimum Gasteiger partial charge on any atom is -0.396 e. The van der Waals surface area contributed by atoms with Gasteiger partial charge in [0, 0.05) is 109 Å². The smallest absolute Gasteiger partial charge is 0.260 e. The third kappa shape index (κ3) is 7.15. The molecule has 1 atom stereocenters. The molecule has 3 aromatic carbocycles. The Bertz CT molecular complexity index is 2130. The van der Waals surface area contributed by atoms with E-state index in [1.165, 1.54) is 11.1 Å². The molecule has 0 saturated carbocycles. The lowest BCUT2D eigenvalue weighted by atomic mass is 9.92. The highest BCUT2D eigenvalue weighted by molar-refractivity contribution is 6.31. The number of aliphatic hydroxyl groups is 1. The van der Waals surface area contributed by atoms with Crippen LogP contribution >= 0.6 is 11.6 Å². The van der Waals surface area contributed by atoms with Gasteiger partial charge >= 0.3 is 0 Å². The summed E-state index contributed by atoms with van der Waals surface area (Å²) in [5, 5.41) is 11.2. The van der Waals surface area contributed by atoms with E-state index >= 15 is 0 Å². The number of morpholine rings is 1. The van der Waals surface area contributed by atoms with Crippen LogP contribution in [0, 0.1) is 0 Å². The van der Waals surface area contributed by atoms with Gasteiger partial charge in [0.25, 0.3) is 11.8 Å². The molecule has 1 saturated heterocycles. The Hall–Kier alpha value is -4.41. The van der Waals surface area contributed by atoms with Crippen molar-refractivity contribution < 1.29 is 19.4 Å². The van der Waals surface area contributed by atoms with Crippen molar-refractivity contribution in [2.75, 3.05) is 50.9 Å². The van der Waals surface area contributed by atoms with E-state index < -0.39 is 0 Å². The van der Waals surface area contributed by atoms with Gasteiger partial charge < -0.3 is 28.8 Å². The Labute approximate surface area is 316 Å². The number of halogens is 1. The number of carbonyl (C=O) groups excluding carboxylic acids is 2. The summed E-state index contributed by atoms with van der Waals surface area (Å²) in [5.74, 6) is -0.0892. The number of aromatic nitrogens is 2. The Morgan fingerprint density at radius 3 is 2.58 bits per heavy atom. The number of carbonyl (C=O) groups is 2. The molecule has 2 amide bonds. The van der Waals surface area contributed by atoms with Crippen LogP contribution in [0.25, 0.3) is 22.2 Å². The molecule has 8 rings (SSSR count). The average Bonchev–Trinajstić information content (AvgIpc) is 3.76. The topological polar surface area (TPSA) is 83.2 Å². The number of fused-ring (bicyclic) bond motifs is 3. The first-order valence-corrected chi connectivity index (χ1v) is 19.5. The van der Waals surface area contributed by atoms with Crippen LogP contribution in [0.4, 0.5) is 5.69 Å². The molecule has 0 unspecified atom stereocenters. The summed E-state index contributed by atoms with van der Waals surface area (Å²) in [5.41, 5.74) is 8.27. The predicted octanol–water partition coefficient (Wildman–Crippen LogP) is 6.96. The van der Waals surface area contributed by atoms with E-state index in [9.17, 15) is 14.7 Å². The zero-order chi connectivity index (χ0) is 36.5. The number of unbranched alkanes of at least 4 members (excludes halogenated alkanes) is 1. The lowest BCUT2D eigenvalue weighted by molar-refractivity contribution is 0.0193. The molecular formula is C43H48ClN5O4. The predicted molar refractivity (Wildman–Crippen MR) is 210 cm³/mol. The number of rotatable bonds is 10. The van der Waals surface area contributed by atoms with Crippen molar-refractivity contribution in [1.29, 1.82) is 0 Å². The molecule has 1 fully saturated rings. The number of hydrogen-bond acceptors (Lipinski definition) is 5. The van der Waals surface area contributed by atoms with Crippen LogP contribution in [0.1, 0.15) is 63.2 Å². The van der Waals surface area contributed by atoms with Gasteiger partial charge in [-0.2, -0.15) is 0 Å². The van der Waals surface area contributed by atoms with Crippen LogP contribution in [-0.2, 0) is 37.7 Å². The molecule has 2 aromatic heterocycles. The molecule has 9 nitrogen and oxygen atoms in total. The third-order valence-electron chi connectivity index (χ3n) is 11.4. The number of aryl methyl sites for hydroxylation is 1. The molecule has 53 heavy (non-hydrogen) atoms. The monoisotopic (exact) mass is 733 g/mol. The summed E-state index contributed by atoms with van der Waals surface area (Å²) in [6, 6.07) is 24.3. The van der Waals surface area contributed by atoms with Crippen LogP contribution in [0.2, 0.25) is 5.02 Å². The van der Waals surface area contributed by atoms with Gasteiger partial charge in [0.2, 0.25) is 0 Å². The van der Waals surface area contributed by atoms with E-state index in [0.29, 0.717) is 55.3 Å². The van der Waals surface area contributed by atoms with E-state index in [2.05, 4.69) is 55.3 Å². The quantitative estimate of drug-likeness (QED) is 0.157. The molecule has 5 heterocycles. The molecule has 10 heteroatoms. The number of ether oxygens (including phenoxy) is 1. The Kier molecular flexibility index (Phi) is 10.4. The van der Waals surface area contributed by atoms with E-state index in [0.717, 1.165) is 85.4 Å². The Balaban J connectivity index is 1.18. The van der Waals surface area contributed by atoms with Gasteiger partial charge in [-0.1, -0.05) is 35.9 Å². The summed E-state index contributed by atoms with van der Waals surface area (Å²) in [6.07, 6.45) is 6.86. The van der Waals surface area contributed by atoms with Crippen molar-refractivity contribution in [1.82, 2.24) is 18.9 Å². The van der Waals surface area contributed by atoms with Crippen molar-refractivity contribution in [3.8, 4) is 11.3 Å². The van der Waals surface area contributed by atoms with Crippen LogP contribution in [0.5, 0.6) is 0 Å². The van der Waals surface area contributed by atoms with Crippen molar-refractivity contribution in [2.24, 2.45) is 7.05 Å². The summed E-state index contributed by atoms with van der Waals surface area (Å²) in [6.45, 7) is 5.77. The third-order valence-corrected chi connectivity index (χ3v) is 11.6. The maximum atomic E-state index is 15.0. The summed E-state index contributed by atoms with van der Waals surface area (Å²) < 4.78 is 9.96. The van der Waals surface area contributed by atoms with Crippen molar-refractivity contribution in [3.05, 3.63) is 112 Å². The van der Waals surface area contributed by atoms with Crippen molar-refractivity contribution in [2.45, 2.75) is 57.7 Å². The van der Waals surface area contributed by atoms with Crippen LogP contribution in [0.15, 0.2) is 79.0 Å². The number of aliphatic hydroxyl groups excluding tert-OH is 1. The van der Waals surface area contributed by atoms with E-state index in [1.54, 1.807) is 0 Å². The van der Waals surface area contributed by atoms with Crippen LogP contribution < -0.4 is 4.90 Å². The molecule has 0 spiro atoms. The van der Waals surface area contributed by atoms with E-state index in [4.69, 9.17) is 16.3 Å². The second-order valence-electron chi connectivity index (χ2n) is 14.7. The highest BCUT2D eigenvalue weighted by Gasteiger charge is 2.35. The van der Waals surface area contributed by atoms with Gasteiger partial charge in [-0.05, 0) is 98.2 Å². The van der Waals surface area contributed by atoms with Crippen LogP contribution in [-0.4, -0.2) is 87.9 Å². The van der Waals surface area contributed by atoms with Gasteiger partial charge in [0.15, 0.2) is 0 Å². The molecule has 5 aromatic rings. The minimum absolute atomic E-state index is 0.00632. The molecular weight excluding hydrogens is 686 g/mol. The van der Waals surface area contributed by atoms with E-state index in [-0.39, 0.29) is 24.5 Å². The van der Waals surface area contributed by atoms with Crippen LogP contribution in [0.3, 0.4) is 0 Å². The second-order valence-corrected chi connectivity index (χ2v) is 15.2. The fourth-order valence-corrected chi connectivity index (χ4v) is 8.71. The highest BCUT2D eigenvalue weighted by Crippen LogP contribution is 2.37. The first-order chi connectivity index (χ1) is 25.9. The first kappa shape index (κ1) is 35.6. The van der Waals surface area contributed by atoms with Gasteiger partial charge in [-0.15, -0.1) is 0 Å². The molecule has 3 aliphatic rings. The second kappa shape index (κ2) is 15.5. The fourth-order valence-electron chi connectivity index (χ4n) is 8.54. The number of benzene rings is 3. The molecule has 0 aliphatic carbocycles. The lowest BCUT2D eigenvalue weighted by Crippen LogP contribution is -2.52. The highest BCUT2D eigenvalue weighted by atomic mass is 35.5. The van der Waals surface area contributed by atoms with E-state index in [1.807, 2.05) is 54.5 Å². The standard InChI is InChI=1S/C43H48ClN5O4/c1-45-18-15-31-25-34(12-14-39(31)45)47(16-6-7-21-50)43(52)38-27-41(48-17-5-4-10-40(38)48)37-26-33(44)11-13-36(37)42(51)49-28-32-9-3-2-8-30(32)24-35(49)29-46-19-22-53-23-20-46/h2-3,8-9,11-15,18,25-27,35,50H,4-7,10,16-17,19-24,28-29H2,1H3/t35-/m0/s1. The van der Waals surface area contributed by atoms with Crippen molar-refractivity contribution >= 4 is 40.0 Å². The normalized spacial score (nSPS) is 17.5. The van der Waals surface area contributed by atoms with Gasteiger partial charge in [0.05, 0.1) is 18.8 Å². The Morgan fingerprint density at radius 1 is 0.925 bits per heavy atom. The number of amides is 2. The first-order valence-electron chi connectivity index (χ1n) is 19.1. The molecule has 0 radical (unpaired) electrons. The van der Waals surface area contributed by atoms with Crippen molar-refractivity contribution in [3.63, 3.8) is 0 Å². The summed E-state index contributed by atoms with van der Waals surface area (Å²) in [4.78, 5) is 36.1. The summed E-state index contributed by atoms with van der Waals surface area (Å²) >= 11 is 6.74. The average molecular weight is 734 g/mol. The van der Waals surface area contributed by atoms with Gasteiger partial charge in [-0.3, -0.25) is 14.5 Å². The zero-order valence-electron chi connectivity index (χ0n) is 30.5. The zero-order valence-corrected chi connectivity index (χ0v) is 31.2. The number of hydrogen-bond donors (Lipinski definition) is 1. The number of nitrogens with zero attached hydrogens (tertiary/aromatic N) is 5. The summed E-state index contributed by atoms with van der Waals surface area (Å²) in [7, 11) is 2.02. The largest absolute Gasteiger partial charge is 0.396 e. The Morgan fingerprint density at radius 2 is 1.75 bits per heavy atom. The maximum absolute atomic E-state index is 15.0. The SMILES string of the molecule is Cn1ccc2cc(N(CCCCO)C(=O)c3cc(-c4cc(Cl)ccc4C(=O)N4Cc5ccccc5C[C@H]4CN4CCOCC4)n4c3CCCC4)ccc21. The molecule has 0 bridgehead atoms. The molecule has 276 valence electrons. The molecule has 3 aliphatic heterocycles. The number of anilines is 1. The maximum Gasteiger partial charge on any atom is 0.260 e. The molecule has 1 N–H and O–H groups in total. The fraction of sp³-hybridized carbons (Fsp3) is 0.395. The van der Waals surface area contributed by atoms with Gasteiger partial charge in [-0.25, -0.2) is 0 Å².